The Labute approximate surface area is 192 Å². The van der Waals surface area contributed by atoms with E-state index in [1.54, 1.807) is 49.5 Å². The maximum absolute atomic E-state index is 13.1. The number of hydrogen-bond acceptors (Lipinski definition) is 6. The summed E-state index contributed by atoms with van der Waals surface area (Å²) in [5, 5.41) is 6.75. The summed E-state index contributed by atoms with van der Waals surface area (Å²) in [6.07, 6.45) is 2.58. The molecule has 0 radical (unpaired) electrons. The number of benzene rings is 2. The molecule has 1 aromatic heterocycles. The number of nitrogens with zero attached hydrogens (tertiary/aromatic N) is 2. The number of rotatable bonds is 10. The molecule has 4 rings (SSSR count). The minimum atomic E-state index is -0.310. The number of hydrogen-bond donors (Lipinski definition) is 1. The Morgan fingerprint density at radius 2 is 1.82 bits per heavy atom. The molecule has 172 valence electrons. The van der Waals surface area contributed by atoms with Crippen LogP contribution in [0.5, 0.6) is 11.5 Å². The number of carbonyl (C=O) groups excluding carboxylic acids is 2. The number of nitrogens with one attached hydrogen (secondary N) is 1. The summed E-state index contributed by atoms with van der Waals surface area (Å²) in [6.45, 7) is 0.725. The van der Waals surface area contributed by atoms with E-state index < -0.39 is 0 Å². The zero-order valence-electron chi connectivity index (χ0n) is 18.7. The van der Waals surface area contributed by atoms with Crippen LogP contribution in [-0.2, 0) is 13.0 Å². The van der Waals surface area contributed by atoms with Crippen molar-refractivity contribution in [2.45, 2.75) is 31.8 Å². The fourth-order valence-electron chi connectivity index (χ4n) is 3.54. The second kappa shape index (κ2) is 10.2. The number of amides is 2. The third-order valence-electron chi connectivity index (χ3n) is 5.54. The highest BCUT2D eigenvalue weighted by Gasteiger charge is 2.34. The Balaban J connectivity index is 1.34. The van der Waals surface area contributed by atoms with E-state index >= 15 is 0 Å². The highest BCUT2D eigenvalue weighted by Crippen LogP contribution is 2.30. The van der Waals surface area contributed by atoms with E-state index in [0.29, 0.717) is 30.0 Å². The minimum Gasteiger partial charge on any atom is -0.497 e. The van der Waals surface area contributed by atoms with Crippen LogP contribution >= 0.6 is 0 Å². The second-order valence-corrected chi connectivity index (χ2v) is 7.93. The molecule has 1 aliphatic carbocycles. The molecule has 33 heavy (non-hydrogen) atoms. The quantitative estimate of drug-likeness (QED) is 0.509. The van der Waals surface area contributed by atoms with E-state index in [2.05, 4.69) is 10.5 Å². The van der Waals surface area contributed by atoms with Gasteiger partial charge in [-0.2, -0.15) is 0 Å². The Bertz CT molecular complexity index is 1110. The second-order valence-electron chi connectivity index (χ2n) is 7.93. The fourth-order valence-corrected chi connectivity index (χ4v) is 3.54. The van der Waals surface area contributed by atoms with Crippen molar-refractivity contribution in [3.63, 3.8) is 0 Å². The van der Waals surface area contributed by atoms with E-state index in [1.807, 2.05) is 24.3 Å². The molecule has 8 nitrogen and oxygen atoms in total. The van der Waals surface area contributed by atoms with Gasteiger partial charge in [0.25, 0.3) is 11.8 Å². The summed E-state index contributed by atoms with van der Waals surface area (Å²) in [7, 11) is 3.19. The van der Waals surface area contributed by atoms with Crippen molar-refractivity contribution >= 4 is 11.8 Å². The molecule has 8 heteroatoms. The number of carbonyl (C=O) groups is 2. The molecular weight excluding hydrogens is 422 g/mol. The van der Waals surface area contributed by atoms with Crippen molar-refractivity contribution in [3.8, 4) is 11.5 Å². The lowest BCUT2D eigenvalue weighted by atomic mass is 10.1. The van der Waals surface area contributed by atoms with Gasteiger partial charge in [-0.3, -0.25) is 9.59 Å². The third-order valence-corrected chi connectivity index (χ3v) is 5.54. The fraction of sp³-hybridized carbons (Fsp3) is 0.320. The molecule has 0 saturated heterocycles. The van der Waals surface area contributed by atoms with Gasteiger partial charge in [-0.25, -0.2) is 0 Å². The van der Waals surface area contributed by atoms with Gasteiger partial charge in [0.05, 0.1) is 20.8 Å². The van der Waals surface area contributed by atoms with Crippen LogP contribution in [0.2, 0.25) is 0 Å². The van der Waals surface area contributed by atoms with Crippen LogP contribution in [0.3, 0.4) is 0 Å². The number of methoxy groups -OCH3 is 2. The van der Waals surface area contributed by atoms with Crippen molar-refractivity contribution in [3.05, 3.63) is 77.2 Å². The highest BCUT2D eigenvalue weighted by atomic mass is 16.5. The van der Waals surface area contributed by atoms with E-state index in [4.69, 9.17) is 14.0 Å². The zero-order valence-corrected chi connectivity index (χ0v) is 18.7. The van der Waals surface area contributed by atoms with Gasteiger partial charge in [-0.1, -0.05) is 23.4 Å². The summed E-state index contributed by atoms with van der Waals surface area (Å²) >= 11 is 0. The van der Waals surface area contributed by atoms with Crippen LogP contribution in [0.15, 0.2) is 59.1 Å². The molecule has 1 fully saturated rings. The highest BCUT2D eigenvalue weighted by molar-refractivity contribution is 5.95. The van der Waals surface area contributed by atoms with Crippen LogP contribution < -0.4 is 14.8 Å². The average molecular weight is 450 g/mol. The lowest BCUT2D eigenvalue weighted by Gasteiger charge is -2.21. The van der Waals surface area contributed by atoms with Gasteiger partial charge in [-0.15, -0.1) is 0 Å². The van der Waals surface area contributed by atoms with E-state index in [9.17, 15) is 9.59 Å². The van der Waals surface area contributed by atoms with Crippen molar-refractivity contribution in [2.75, 3.05) is 20.8 Å². The normalized spacial score (nSPS) is 12.8. The van der Waals surface area contributed by atoms with E-state index in [0.717, 1.165) is 24.2 Å². The number of ether oxygens (including phenoxy) is 2. The first-order valence-electron chi connectivity index (χ1n) is 10.9. The summed E-state index contributed by atoms with van der Waals surface area (Å²) in [5.74, 6) is 1.49. The Hall–Kier alpha value is -3.81. The van der Waals surface area contributed by atoms with Gasteiger partial charge in [0, 0.05) is 24.2 Å². The van der Waals surface area contributed by atoms with Crippen molar-refractivity contribution in [1.82, 2.24) is 15.4 Å². The van der Waals surface area contributed by atoms with Gasteiger partial charge in [-0.05, 0) is 55.2 Å². The van der Waals surface area contributed by atoms with Gasteiger partial charge in [0.1, 0.15) is 11.5 Å². The number of aromatic nitrogens is 1. The monoisotopic (exact) mass is 449 g/mol. The predicted molar refractivity (Wildman–Crippen MR) is 121 cm³/mol. The predicted octanol–water partition coefficient (Wildman–Crippen LogP) is 3.47. The molecule has 0 atom stereocenters. The SMILES string of the molecule is COc1ccc(CCNC(=O)c2cc(CN(C(=O)c3cccc(OC)c3)C3CC3)on2)cc1. The van der Waals surface area contributed by atoms with Crippen LogP contribution in [0.1, 0.15) is 45.0 Å². The summed E-state index contributed by atoms with van der Waals surface area (Å²) < 4.78 is 15.8. The maximum atomic E-state index is 13.1. The molecule has 0 spiro atoms. The molecule has 2 amide bonds. The van der Waals surface area contributed by atoms with Crippen LogP contribution in [0, 0.1) is 0 Å². The summed E-state index contributed by atoms with van der Waals surface area (Å²) in [4.78, 5) is 27.3. The Morgan fingerprint density at radius 1 is 1.06 bits per heavy atom. The van der Waals surface area contributed by atoms with Gasteiger partial charge >= 0.3 is 0 Å². The van der Waals surface area contributed by atoms with Gasteiger partial charge in [0.2, 0.25) is 0 Å². The van der Waals surface area contributed by atoms with Gasteiger partial charge < -0.3 is 24.2 Å². The molecule has 3 aromatic rings. The Morgan fingerprint density at radius 3 is 2.52 bits per heavy atom. The van der Waals surface area contributed by atoms with Crippen LogP contribution in [-0.4, -0.2) is 48.7 Å². The Kier molecular flexibility index (Phi) is 6.92. The van der Waals surface area contributed by atoms with Gasteiger partial charge in [0.15, 0.2) is 11.5 Å². The first-order chi connectivity index (χ1) is 16.1. The smallest absolute Gasteiger partial charge is 0.273 e. The standard InChI is InChI=1S/C25H27N3O5/c1-31-20-10-6-17(7-11-20)12-13-26-24(29)23-15-22(33-27-23)16-28(19-8-9-19)25(30)18-4-3-5-21(14-18)32-2/h3-7,10-11,14-15,19H,8-9,12-13,16H2,1-2H3,(H,26,29). The molecule has 0 unspecified atom stereocenters. The lowest BCUT2D eigenvalue weighted by molar-refractivity contribution is 0.0712. The van der Waals surface area contributed by atoms with Crippen molar-refractivity contribution < 1.29 is 23.6 Å². The van der Waals surface area contributed by atoms with E-state index in [1.165, 1.54) is 0 Å². The third kappa shape index (κ3) is 5.71. The molecule has 1 N–H and O–H groups in total. The van der Waals surface area contributed by atoms with E-state index in [-0.39, 0.29) is 30.1 Å². The first-order valence-corrected chi connectivity index (χ1v) is 10.9. The molecule has 1 aliphatic rings. The average Bonchev–Trinajstić information content (AvgIpc) is 3.59. The summed E-state index contributed by atoms with van der Waals surface area (Å²) in [6, 6.07) is 16.5. The van der Waals surface area contributed by atoms with Crippen molar-refractivity contribution in [2.24, 2.45) is 0 Å². The molecule has 2 aromatic carbocycles. The maximum Gasteiger partial charge on any atom is 0.273 e. The van der Waals surface area contributed by atoms with Crippen molar-refractivity contribution in [1.29, 1.82) is 0 Å². The molecular formula is C25H27N3O5. The lowest BCUT2D eigenvalue weighted by Crippen LogP contribution is -2.32. The van der Waals surface area contributed by atoms with Crippen LogP contribution in [0.4, 0.5) is 0 Å². The van der Waals surface area contributed by atoms with Crippen LogP contribution in [0.25, 0.3) is 0 Å². The minimum absolute atomic E-state index is 0.0988. The summed E-state index contributed by atoms with van der Waals surface area (Å²) in [5.41, 5.74) is 1.84. The molecule has 0 bridgehead atoms. The molecule has 1 saturated carbocycles. The molecule has 0 aliphatic heterocycles. The first kappa shape index (κ1) is 22.4. The zero-order chi connectivity index (χ0) is 23.2. The topological polar surface area (TPSA) is 93.9 Å². The largest absolute Gasteiger partial charge is 0.497 e. The molecule has 1 heterocycles.